The van der Waals surface area contributed by atoms with Gasteiger partial charge in [-0.15, -0.1) is 0 Å². The van der Waals surface area contributed by atoms with Crippen molar-refractivity contribution in [2.45, 2.75) is 142 Å². The van der Waals surface area contributed by atoms with E-state index in [4.69, 9.17) is 19.9 Å². The SMILES string of the molecule is CCCCCCCC(=O)OCC(COC(=O)CCCCCCC)OC(=O)CCCCCCC.Nc1ccnc(=O)[nH]1. The summed E-state index contributed by atoms with van der Waals surface area (Å²) in [7, 11) is 0. The van der Waals surface area contributed by atoms with Crippen LogP contribution in [-0.2, 0) is 28.6 Å². The summed E-state index contributed by atoms with van der Waals surface area (Å²) in [5.74, 6) is -0.587. The lowest BCUT2D eigenvalue weighted by molar-refractivity contribution is -0.167. The number of aromatic nitrogens is 2. The van der Waals surface area contributed by atoms with Gasteiger partial charge in [-0.3, -0.25) is 19.4 Å². The molecule has 0 fully saturated rings. The van der Waals surface area contributed by atoms with Crippen LogP contribution in [-0.4, -0.2) is 47.2 Å². The number of nitrogen functional groups attached to an aromatic ring is 1. The Morgan fingerprint density at radius 1 is 0.707 bits per heavy atom. The van der Waals surface area contributed by atoms with E-state index in [0.717, 1.165) is 77.0 Å². The van der Waals surface area contributed by atoms with Crippen LogP contribution in [0.3, 0.4) is 0 Å². The number of hydrogen-bond donors (Lipinski definition) is 2. The third kappa shape index (κ3) is 25.8. The average molecular weight is 582 g/mol. The van der Waals surface area contributed by atoms with Gasteiger partial charge in [-0.05, 0) is 25.3 Å². The summed E-state index contributed by atoms with van der Waals surface area (Å²) < 4.78 is 16.1. The number of esters is 3. The van der Waals surface area contributed by atoms with E-state index in [9.17, 15) is 19.2 Å². The van der Waals surface area contributed by atoms with E-state index in [0.29, 0.717) is 25.1 Å². The van der Waals surface area contributed by atoms with Crippen LogP contribution < -0.4 is 11.4 Å². The average Bonchev–Trinajstić information content (AvgIpc) is 2.94. The number of H-pyrrole nitrogens is 1. The molecular formula is C31H55N3O7. The molecule has 41 heavy (non-hydrogen) atoms. The molecule has 1 aromatic heterocycles. The molecule has 3 N–H and O–H groups in total. The molecule has 0 spiro atoms. The molecule has 0 aliphatic heterocycles. The lowest BCUT2D eigenvalue weighted by atomic mass is 10.1. The van der Waals surface area contributed by atoms with Crippen LogP contribution in [0.4, 0.5) is 5.82 Å². The number of unbranched alkanes of at least 4 members (excludes halogenated alkanes) is 12. The monoisotopic (exact) mass is 581 g/mol. The van der Waals surface area contributed by atoms with E-state index >= 15 is 0 Å². The molecule has 236 valence electrons. The lowest BCUT2D eigenvalue weighted by Gasteiger charge is -2.18. The highest BCUT2D eigenvalue weighted by Crippen LogP contribution is 2.10. The number of nitrogens with one attached hydrogen (secondary N) is 1. The fraction of sp³-hybridized carbons (Fsp3) is 0.774. The van der Waals surface area contributed by atoms with Gasteiger partial charge in [0.1, 0.15) is 19.0 Å². The topological polar surface area (TPSA) is 151 Å². The molecule has 0 saturated heterocycles. The second-order valence-electron chi connectivity index (χ2n) is 10.3. The van der Waals surface area contributed by atoms with Crippen LogP contribution in [0, 0.1) is 0 Å². The van der Waals surface area contributed by atoms with Gasteiger partial charge in [0.2, 0.25) is 0 Å². The summed E-state index contributed by atoms with van der Waals surface area (Å²) in [6.07, 6.45) is 17.4. The van der Waals surface area contributed by atoms with Gasteiger partial charge in [0, 0.05) is 25.5 Å². The molecule has 0 radical (unpaired) electrons. The quantitative estimate of drug-likeness (QED) is 0.0847. The predicted molar refractivity (Wildman–Crippen MR) is 161 cm³/mol. The van der Waals surface area contributed by atoms with Gasteiger partial charge in [0.05, 0.1) is 0 Å². The molecule has 0 bridgehead atoms. The van der Waals surface area contributed by atoms with Crippen molar-refractivity contribution in [3.63, 3.8) is 0 Å². The zero-order chi connectivity index (χ0) is 30.6. The predicted octanol–water partition coefficient (Wildman–Crippen LogP) is 6.42. The first kappa shape index (κ1) is 38.1. The van der Waals surface area contributed by atoms with Crippen LogP contribution in [0.1, 0.15) is 136 Å². The number of anilines is 1. The number of hydrogen-bond acceptors (Lipinski definition) is 9. The van der Waals surface area contributed by atoms with Crippen molar-refractivity contribution >= 4 is 23.7 Å². The summed E-state index contributed by atoms with van der Waals surface area (Å²) >= 11 is 0. The molecule has 0 atom stereocenters. The number of ether oxygens (including phenoxy) is 3. The largest absolute Gasteiger partial charge is 0.462 e. The molecule has 0 aliphatic carbocycles. The van der Waals surface area contributed by atoms with Gasteiger partial charge in [-0.2, -0.15) is 0 Å². The summed E-state index contributed by atoms with van der Waals surface area (Å²) in [5.41, 5.74) is 4.75. The Morgan fingerprint density at radius 3 is 1.49 bits per heavy atom. The second kappa shape index (κ2) is 27.3. The number of aromatic amines is 1. The molecule has 1 aromatic rings. The smallest absolute Gasteiger partial charge is 0.346 e. The first-order valence-corrected chi connectivity index (χ1v) is 15.6. The molecule has 10 heteroatoms. The third-order valence-electron chi connectivity index (χ3n) is 6.31. The van der Waals surface area contributed by atoms with Gasteiger partial charge in [0.25, 0.3) is 0 Å². The van der Waals surface area contributed by atoms with Crippen molar-refractivity contribution in [2.24, 2.45) is 0 Å². The number of nitrogens with zero attached hydrogens (tertiary/aromatic N) is 1. The van der Waals surface area contributed by atoms with E-state index in [1.807, 2.05) is 0 Å². The van der Waals surface area contributed by atoms with Crippen molar-refractivity contribution in [3.8, 4) is 0 Å². The Morgan fingerprint density at radius 2 is 1.12 bits per heavy atom. The van der Waals surface area contributed by atoms with Crippen molar-refractivity contribution in [3.05, 3.63) is 22.7 Å². The zero-order valence-corrected chi connectivity index (χ0v) is 25.8. The number of carbonyl (C=O) groups excluding carboxylic acids is 3. The summed E-state index contributed by atoms with van der Waals surface area (Å²) in [6.45, 7) is 6.32. The molecule has 0 unspecified atom stereocenters. The minimum absolute atomic E-state index is 0.0703. The number of rotatable bonds is 23. The normalized spacial score (nSPS) is 10.5. The number of carbonyl (C=O) groups is 3. The van der Waals surface area contributed by atoms with Gasteiger partial charge in [-0.1, -0.05) is 97.8 Å². The molecular weight excluding hydrogens is 526 g/mol. The maximum absolute atomic E-state index is 12.2. The van der Waals surface area contributed by atoms with Gasteiger partial charge < -0.3 is 19.9 Å². The van der Waals surface area contributed by atoms with Crippen molar-refractivity contribution in [1.82, 2.24) is 9.97 Å². The van der Waals surface area contributed by atoms with Crippen LogP contribution in [0.5, 0.6) is 0 Å². The van der Waals surface area contributed by atoms with E-state index in [2.05, 4.69) is 30.7 Å². The Kier molecular flexibility index (Phi) is 25.3. The van der Waals surface area contributed by atoms with Crippen molar-refractivity contribution in [2.75, 3.05) is 18.9 Å². The summed E-state index contributed by atoms with van der Waals surface area (Å²) in [5, 5.41) is 0. The van der Waals surface area contributed by atoms with E-state index in [-0.39, 0.29) is 31.1 Å². The van der Waals surface area contributed by atoms with Crippen LogP contribution in [0.25, 0.3) is 0 Å². The highest BCUT2D eigenvalue weighted by Gasteiger charge is 2.19. The molecule has 1 heterocycles. The molecule has 0 aromatic carbocycles. The fourth-order valence-electron chi connectivity index (χ4n) is 3.88. The highest BCUT2D eigenvalue weighted by atomic mass is 16.6. The van der Waals surface area contributed by atoms with Crippen molar-refractivity contribution < 1.29 is 28.6 Å². The Balaban J connectivity index is 0.00000170. The Hall–Kier alpha value is -2.91. The van der Waals surface area contributed by atoms with Crippen molar-refractivity contribution in [1.29, 1.82) is 0 Å². The zero-order valence-electron chi connectivity index (χ0n) is 25.8. The molecule has 10 nitrogen and oxygen atoms in total. The molecule has 0 amide bonds. The fourth-order valence-corrected chi connectivity index (χ4v) is 3.88. The van der Waals surface area contributed by atoms with Gasteiger partial charge >= 0.3 is 23.6 Å². The van der Waals surface area contributed by atoms with Gasteiger partial charge in [0.15, 0.2) is 6.10 Å². The molecule has 1 rings (SSSR count). The van der Waals surface area contributed by atoms with Crippen LogP contribution in [0.2, 0.25) is 0 Å². The standard InChI is InChI=1S/C27H50O6.C4H5N3O/c1-4-7-10-13-16-19-25(28)31-22-24(33-27(30)21-18-15-12-9-6-3)23-32-26(29)20-17-14-11-8-5-2;5-3-1-2-6-4(8)7-3/h24H,4-23H2,1-3H3;1-2H,(H3,5,6,7,8). The minimum Gasteiger partial charge on any atom is -0.462 e. The lowest BCUT2D eigenvalue weighted by Crippen LogP contribution is -2.30. The van der Waals surface area contributed by atoms with E-state index in [1.54, 1.807) is 0 Å². The summed E-state index contributed by atoms with van der Waals surface area (Å²) in [6, 6.07) is 1.52. The Labute approximate surface area is 246 Å². The van der Waals surface area contributed by atoms with Crippen LogP contribution in [0.15, 0.2) is 17.1 Å². The first-order valence-electron chi connectivity index (χ1n) is 15.6. The minimum atomic E-state index is -0.749. The highest BCUT2D eigenvalue weighted by molar-refractivity contribution is 5.71. The molecule has 0 aliphatic rings. The Bertz CT molecular complexity index is 830. The first-order chi connectivity index (χ1) is 19.8. The summed E-state index contributed by atoms with van der Waals surface area (Å²) in [4.78, 5) is 52.2. The van der Waals surface area contributed by atoms with Crippen LogP contribution >= 0.6 is 0 Å². The maximum Gasteiger partial charge on any atom is 0.346 e. The third-order valence-corrected chi connectivity index (χ3v) is 6.31. The van der Waals surface area contributed by atoms with E-state index in [1.165, 1.54) is 31.5 Å². The number of nitrogens with two attached hydrogens (primary N) is 1. The maximum atomic E-state index is 12.2. The second-order valence-corrected chi connectivity index (χ2v) is 10.3. The van der Waals surface area contributed by atoms with E-state index < -0.39 is 11.8 Å². The van der Waals surface area contributed by atoms with Gasteiger partial charge in [-0.25, -0.2) is 9.78 Å². The molecule has 0 saturated carbocycles.